The van der Waals surface area contributed by atoms with Crippen LogP contribution in [-0.4, -0.2) is 37.2 Å². The number of nitrogens with zero attached hydrogens (tertiary/aromatic N) is 2. The predicted molar refractivity (Wildman–Crippen MR) is 98.3 cm³/mol. The average Bonchev–Trinajstić information content (AvgIpc) is 3.45. The second-order valence-corrected chi connectivity index (χ2v) is 6.98. The number of amides is 1. The Kier molecular flexibility index (Phi) is 4.36. The number of hydrogen-bond donors (Lipinski definition) is 1. The minimum absolute atomic E-state index is 0.0126. The van der Waals surface area contributed by atoms with Crippen LogP contribution in [0, 0.1) is 0 Å². The Hall–Kier alpha value is -2.11. The van der Waals surface area contributed by atoms with Crippen LogP contribution in [-0.2, 0) is 14.9 Å². The van der Waals surface area contributed by atoms with Crippen LogP contribution in [0.25, 0.3) is 0 Å². The summed E-state index contributed by atoms with van der Waals surface area (Å²) in [4.78, 5) is 19.4. The first-order valence-electron chi connectivity index (χ1n) is 8.54. The van der Waals surface area contributed by atoms with Crippen molar-refractivity contribution in [2.45, 2.75) is 18.3 Å². The summed E-state index contributed by atoms with van der Waals surface area (Å²) in [5.74, 6) is 0.566. The van der Waals surface area contributed by atoms with E-state index >= 15 is 0 Å². The van der Waals surface area contributed by atoms with E-state index in [9.17, 15) is 4.79 Å². The van der Waals surface area contributed by atoms with Gasteiger partial charge in [0.25, 0.3) is 0 Å². The maximum atomic E-state index is 12.8. The Morgan fingerprint density at radius 3 is 2.64 bits per heavy atom. The van der Waals surface area contributed by atoms with Crippen LogP contribution in [0.3, 0.4) is 0 Å². The molecule has 2 aromatic rings. The first-order valence-corrected chi connectivity index (χ1v) is 8.91. The highest BCUT2D eigenvalue weighted by Gasteiger charge is 2.51. The van der Waals surface area contributed by atoms with E-state index in [0.717, 1.165) is 50.4 Å². The second-order valence-electron chi connectivity index (χ2n) is 6.55. The summed E-state index contributed by atoms with van der Waals surface area (Å²) in [5.41, 5.74) is 1.56. The molecule has 1 aliphatic heterocycles. The van der Waals surface area contributed by atoms with Crippen molar-refractivity contribution in [2.75, 3.05) is 36.5 Å². The number of rotatable bonds is 4. The minimum Gasteiger partial charge on any atom is -0.378 e. The molecule has 0 bridgehead atoms. The Balaban J connectivity index is 1.46. The number of carbonyl (C=O) groups is 1. The molecule has 0 unspecified atom stereocenters. The summed E-state index contributed by atoms with van der Waals surface area (Å²) in [6.07, 6.45) is 3.48. The number of benzene rings is 1. The normalized spacial score (nSPS) is 18.7. The van der Waals surface area contributed by atoms with Crippen LogP contribution in [0.2, 0.25) is 5.02 Å². The van der Waals surface area contributed by atoms with Crippen LogP contribution >= 0.6 is 11.6 Å². The number of nitrogens with one attached hydrogen (secondary N) is 1. The number of ether oxygens (including phenoxy) is 1. The number of carbonyl (C=O) groups excluding carboxylic acids is 1. The number of halogens is 1. The summed E-state index contributed by atoms with van der Waals surface area (Å²) >= 11 is 6.08. The lowest BCUT2D eigenvalue weighted by molar-refractivity contribution is -0.118. The van der Waals surface area contributed by atoms with Crippen LogP contribution < -0.4 is 10.2 Å². The van der Waals surface area contributed by atoms with Gasteiger partial charge in [0.1, 0.15) is 5.82 Å². The van der Waals surface area contributed by atoms with Crippen molar-refractivity contribution >= 4 is 29.0 Å². The Bertz CT molecular complexity index is 768. The van der Waals surface area contributed by atoms with E-state index in [1.165, 1.54) is 0 Å². The minimum atomic E-state index is -0.463. The van der Waals surface area contributed by atoms with Crippen molar-refractivity contribution in [1.82, 2.24) is 4.98 Å². The molecule has 2 heterocycles. The van der Waals surface area contributed by atoms with Crippen molar-refractivity contribution in [3.63, 3.8) is 0 Å². The van der Waals surface area contributed by atoms with E-state index in [1.54, 1.807) is 6.20 Å². The Labute approximate surface area is 152 Å². The second kappa shape index (κ2) is 6.65. The molecule has 6 heteroatoms. The zero-order valence-corrected chi connectivity index (χ0v) is 14.6. The van der Waals surface area contributed by atoms with Gasteiger partial charge in [0.15, 0.2) is 0 Å². The average molecular weight is 358 g/mol. The van der Waals surface area contributed by atoms with Gasteiger partial charge >= 0.3 is 0 Å². The summed E-state index contributed by atoms with van der Waals surface area (Å²) < 4.78 is 5.36. The van der Waals surface area contributed by atoms with Gasteiger partial charge < -0.3 is 15.0 Å². The van der Waals surface area contributed by atoms with E-state index in [-0.39, 0.29) is 5.91 Å². The van der Waals surface area contributed by atoms with Gasteiger partial charge in [-0.1, -0.05) is 23.7 Å². The fourth-order valence-corrected chi connectivity index (χ4v) is 3.45. The van der Waals surface area contributed by atoms with Gasteiger partial charge in [0, 0.05) is 18.1 Å². The molecule has 5 nitrogen and oxygen atoms in total. The lowest BCUT2D eigenvalue weighted by Crippen LogP contribution is -2.36. The molecule has 2 fully saturated rings. The van der Waals surface area contributed by atoms with E-state index in [1.807, 2.05) is 36.4 Å². The van der Waals surface area contributed by atoms with Crippen LogP contribution in [0.1, 0.15) is 18.4 Å². The highest BCUT2D eigenvalue weighted by molar-refractivity contribution is 6.30. The summed E-state index contributed by atoms with van der Waals surface area (Å²) in [6, 6.07) is 11.4. The third kappa shape index (κ3) is 3.34. The van der Waals surface area contributed by atoms with Crippen LogP contribution in [0.5, 0.6) is 0 Å². The van der Waals surface area contributed by atoms with Gasteiger partial charge in [0.2, 0.25) is 5.91 Å². The summed E-state index contributed by atoms with van der Waals surface area (Å²) in [6.45, 7) is 3.21. The van der Waals surface area contributed by atoms with Crippen molar-refractivity contribution in [3.05, 3.63) is 53.2 Å². The molecular formula is C19H20ClN3O2. The van der Waals surface area contributed by atoms with Gasteiger partial charge in [-0.2, -0.15) is 0 Å². The summed E-state index contributed by atoms with van der Waals surface area (Å²) in [5, 5.41) is 3.61. The smallest absolute Gasteiger partial charge is 0.236 e. The van der Waals surface area contributed by atoms with Gasteiger partial charge in [-0.25, -0.2) is 4.98 Å². The highest BCUT2D eigenvalue weighted by Crippen LogP contribution is 2.49. The van der Waals surface area contributed by atoms with Crippen molar-refractivity contribution in [2.24, 2.45) is 0 Å². The first-order chi connectivity index (χ1) is 12.2. The number of aromatic nitrogens is 1. The molecule has 1 N–H and O–H groups in total. The van der Waals surface area contributed by atoms with Gasteiger partial charge in [-0.05, 0) is 42.7 Å². The molecular weight excluding hydrogens is 338 g/mol. The maximum Gasteiger partial charge on any atom is 0.236 e. The molecule has 0 spiro atoms. The number of hydrogen-bond acceptors (Lipinski definition) is 4. The largest absolute Gasteiger partial charge is 0.378 e. The molecule has 0 atom stereocenters. The van der Waals surface area contributed by atoms with Crippen molar-refractivity contribution in [3.8, 4) is 0 Å². The monoisotopic (exact) mass is 357 g/mol. The fraction of sp³-hybridized carbons (Fsp3) is 0.368. The van der Waals surface area contributed by atoms with Crippen molar-refractivity contribution in [1.29, 1.82) is 0 Å². The van der Waals surface area contributed by atoms with Gasteiger partial charge in [0.05, 0.1) is 30.5 Å². The topological polar surface area (TPSA) is 54.5 Å². The zero-order valence-electron chi connectivity index (χ0n) is 13.9. The SMILES string of the molecule is O=C(Nc1ccc(N2CCOCC2)cn1)C1(c2cccc(Cl)c2)CC1. The lowest BCUT2D eigenvalue weighted by Gasteiger charge is -2.28. The quantitative estimate of drug-likeness (QED) is 0.912. The molecule has 25 heavy (non-hydrogen) atoms. The summed E-state index contributed by atoms with van der Waals surface area (Å²) in [7, 11) is 0. The van der Waals surface area contributed by atoms with Crippen molar-refractivity contribution < 1.29 is 9.53 Å². The third-order valence-corrected chi connectivity index (χ3v) is 5.16. The van der Waals surface area contributed by atoms with E-state index in [0.29, 0.717) is 10.8 Å². The molecule has 1 amide bonds. The zero-order chi connectivity index (χ0) is 17.3. The molecule has 1 aromatic heterocycles. The number of anilines is 2. The first kappa shape index (κ1) is 16.4. The van der Waals surface area contributed by atoms with E-state index in [4.69, 9.17) is 16.3 Å². The molecule has 2 aliphatic rings. The molecule has 1 saturated heterocycles. The predicted octanol–water partition coefficient (Wildman–Crippen LogP) is 3.24. The molecule has 1 aromatic carbocycles. The Morgan fingerprint density at radius 2 is 2.00 bits per heavy atom. The third-order valence-electron chi connectivity index (χ3n) is 4.93. The molecule has 0 radical (unpaired) electrons. The Morgan fingerprint density at radius 1 is 1.20 bits per heavy atom. The molecule has 1 saturated carbocycles. The number of pyridine rings is 1. The highest BCUT2D eigenvalue weighted by atomic mass is 35.5. The molecule has 4 rings (SSSR count). The van der Waals surface area contributed by atoms with Gasteiger partial charge in [-0.15, -0.1) is 0 Å². The van der Waals surface area contributed by atoms with Crippen LogP contribution in [0.15, 0.2) is 42.6 Å². The van der Waals surface area contributed by atoms with E-state index in [2.05, 4.69) is 15.2 Å². The van der Waals surface area contributed by atoms with Crippen LogP contribution in [0.4, 0.5) is 11.5 Å². The van der Waals surface area contributed by atoms with Gasteiger partial charge in [-0.3, -0.25) is 4.79 Å². The number of morpholine rings is 1. The molecule has 1 aliphatic carbocycles. The standard InChI is InChI=1S/C19H20ClN3O2/c20-15-3-1-2-14(12-15)19(6-7-19)18(24)22-17-5-4-16(13-21-17)23-8-10-25-11-9-23/h1-5,12-13H,6-11H2,(H,21,22,24). The fourth-order valence-electron chi connectivity index (χ4n) is 3.26. The molecule has 130 valence electrons. The van der Waals surface area contributed by atoms with E-state index < -0.39 is 5.41 Å². The lowest BCUT2D eigenvalue weighted by atomic mass is 9.95. The maximum absolute atomic E-state index is 12.8.